The first kappa shape index (κ1) is 17.6. The predicted octanol–water partition coefficient (Wildman–Crippen LogP) is 1.26. The van der Waals surface area contributed by atoms with E-state index >= 15 is 0 Å². The molecule has 1 unspecified atom stereocenters. The first-order valence-corrected chi connectivity index (χ1v) is 9.27. The molecular weight excluding hydrogens is 338 g/mol. The van der Waals surface area contributed by atoms with Crippen LogP contribution in [-0.4, -0.2) is 66.0 Å². The lowest BCUT2D eigenvalue weighted by Gasteiger charge is -2.39. The third kappa shape index (κ3) is 3.91. The minimum absolute atomic E-state index is 0.139. The summed E-state index contributed by atoms with van der Waals surface area (Å²) in [5.41, 5.74) is 1.01. The quantitative estimate of drug-likeness (QED) is 0.859. The highest BCUT2D eigenvalue weighted by Crippen LogP contribution is 2.23. The van der Waals surface area contributed by atoms with Gasteiger partial charge < -0.3 is 15.5 Å². The standard InChI is InChI=1S/C17H23N5O2S/c1-3-19-17(24)22-9-8-21(10-13(22)16(23)18-2)11-15-20-12-6-4-5-7-14(12)25-15/h4-7,13H,3,8-11H2,1-2H3,(H,18,23)(H,19,24). The number of nitrogens with one attached hydrogen (secondary N) is 2. The summed E-state index contributed by atoms with van der Waals surface area (Å²) in [5, 5.41) is 6.48. The fourth-order valence-electron chi connectivity index (χ4n) is 3.05. The maximum Gasteiger partial charge on any atom is 0.318 e. The summed E-state index contributed by atoms with van der Waals surface area (Å²) in [6.45, 7) is 4.86. The Morgan fingerprint density at radius 3 is 2.84 bits per heavy atom. The van der Waals surface area contributed by atoms with E-state index in [1.807, 2.05) is 25.1 Å². The zero-order valence-electron chi connectivity index (χ0n) is 14.5. The number of urea groups is 1. The van der Waals surface area contributed by atoms with Crippen molar-refractivity contribution in [1.82, 2.24) is 25.4 Å². The fraction of sp³-hybridized carbons (Fsp3) is 0.471. The molecule has 1 fully saturated rings. The Morgan fingerprint density at radius 1 is 1.32 bits per heavy atom. The first-order valence-electron chi connectivity index (χ1n) is 8.45. The Bertz CT molecular complexity index is 729. The number of carbonyl (C=O) groups excluding carboxylic acids is 2. The van der Waals surface area contributed by atoms with E-state index in [1.54, 1.807) is 23.3 Å². The molecule has 1 aliphatic heterocycles. The normalized spacial score (nSPS) is 18.3. The smallest absolute Gasteiger partial charge is 0.318 e. The second-order valence-electron chi connectivity index (χ2n) is 5.97. The lowest BCUT2D eigenvalue weighted by atomic mass is 10.1. The van der Waals surface area contributed by atoms with E-state index in [4.69, 9.17) is 0 Å². The molecule has 2 N–H and O–H groups in total. The van der Waals surface area contributed by atoms with Crippen LogP contribution in [0.4, 0.5) is 4.79 Å². The summed E-state index contributed by atoms with van der Waals surface area (Å²) >= 11 is 1.68. The molecule has 25 heavy (non-hydrogen) atoms. The monoisotopic (exact) mass is 361 g/mol. The maximum absolute atomic E-state index is 12.3. The van der Waals surface area contributed by atoms with E-state index in [1.165, 1.54) is 4.70 Å². The maximum atomic E-state index is 12.3. The molecule has 2 heterocycles. The summed E-state index contributed by atoms with van der Waals surface area (Å²) in [5.74, 6) is -0.139. The van der Waals surface area contributed by atoms with Gasteiger partial charge in [0.1, 0.15) is 11.0 Å². The lowest BCUT2D eigenvalue weighted by Crippen LogP contribution is -2.61. The van der Waals surface area contributed by atoms with Gasteiger partial charge in [-0.1, -0.05) is 12.1 Å². The van der Waals surface area contributed by atoms with Crippen molar-refractivity contribution in [2.24, 2.45) is 0 Å². The van der Waals surface area contributed by atoms with Crippen molar-refractivity contribution in [1.29, 1.82) is 0 Å². The minimum Gasteiger partial charge on any atom is -0.357 e. The molecule has 0 spiro atoms. The van der Waals surface area contributed by atoms with Crippen LogP contribution in [0.25, 0.3) is 10.2 Å². The van der Waals surface area contributed by atoms with Gasteiger partial charge in [0, 0.05) is 33.2 Å². The third-order valence-electron chi connectivity index (χ3n) is 4.30. The number of hydrogen-bond acceptors (Lipinski definition) is 5. The van der Waals surface area contributed by atoms with Crippen molar-refractivity contribution in [3.8, 4) is 0 Å². The summed E-state index contributed by atoms with van der Waals surface area (Å²) < 4.78 is 1.17. The van der Waals surface area contributed by atoms with Crippen LogP contribution >= 0.6 is 11.3 Å². The zero-order chi connectivity index (χ0) is 17.8. The number of amides is 3. The van der Waals surface area contributed by atoms with Gasteiger partial charge in [-0.2, -0.15) is 0 Å². The number of hydrogen-bond donors (Lipinski definition) is 2. The van der Waals surface area contributed by atoms with E-state index in [9.17, 15) is 9.59 Å². The number of rotatable bonds is 4. The number of aromatic nitrogens is 1. The summed E-state index contributed by atoms with van der Waals surface area (Å²) in [6.07, 6.45) is 0. The van der Waals surface area contributed by atoms with Gasteiger partial charge in [0.2, 0.25) is 5.91 Å². The van der Waals surface area contributed by atoms with Crippen molar-refractivity contribution in [3.05, 3.63) is 29.3 Å². The Balaban J connectivity index is 1.71. The molecule has 1 saturated heterocycles. The lowest BCUT2D eigenvalue weighted by molar-refractivity contribution is -0.127. The molecule has 0 aliphatic carbocycles. The number of thiazole rings is 1. The number of carbonyl (C=O) groups is 2. The van der Waals surface area contributed by atoms with E-state index in [-0.39, 0.29) is 11.9 Å². The number of likely N-dealkylation sites (N-methyl/N-ethyl adjacent to an activating group) is 1. The van der Waals surface area contributed by atoms with Gasteiger partial charge in [0.25, 0.3) is 0 Å². The van der Waals surface area contributed by atoms with Crippen molar-refractivity contribution >= 4 is 33.5 Å². The number of nitrogens with zero attached hydrogens (tertiary/aromatic N) is 3. The number of fused-ring (bicyclic) bond motifs is 1. The Kier molecular flexibility index (Phi) is 5.50. The van der Waals surface area contributed by atoms with Crippen LogP contribution in [0.3, 0.4) is 0 Å². The molecule has 1 aromatic carbocycles. The number of piperazine rings is 1. The van der Waals surface area contributed by atoms with Crippen LogP contribution in [-0.2, 0) is 11.3 Å². The Hall–Kier alpha value is -2.19. The van der Waals surface area contributed by atoms with Crippen LogP contribution in [0.15, 0.2) is 24.3 Å². The van der Waals surface area contributed by atoms with Crippen molar-refractivity contribution in [2.75, 3.05) is 33.2 Å². The molecule has 7 nitrogen and oxygen atoms in total. The van der Waals surface area contributed by atoms with Gasteiger partial charge in [0.05, 0.1) is 16.8 Å². The van der Waals surface area contributed by atoms with Gasteiger partial charge >= 0.3 is 6.03 Å². The SMILES string of the molecule is CCNC(=O)N1CCN(Cc2nc3ccccc3s2)CC1C(=O)NC. The number of benzene rings is 1. The van der Waals surface area contributed by atoms with E-state index in [2.05, 4.69) is 26.6 Å². The molecule has 2 aromatic rings. The Morgan fingerprint density at radius 2 is 2.12 bits per heavy atom. The van der Waals surface area contributed by atoms with E-state index in [0.29, 0.717) is 26.2 Å². The summed E-state index contributed by atoms with van der Waals surface area (Å²) in [6, 6.07) is 7.40. The van der Waals surface area contributed by atoms with Crippen LogP contribution in [0.5, 0.6) is 0 Å². The molecule has 1 aliphatic rings. The van der Waals surface area contributed by atoms with Crippen LogP contribution in [0, 0.1) is 0 Å². The molecular formula is C17H23N5O2S. The number of para-hydroxylation sites is 1. The molecule has 3 amide bonds. The molecule has 0 bridgehead atoms. The molecule has 0 radical (unpaired) electrons. The summed E-state index contributed by atoms with van der Waals surface area (Å²) in [4.78, 5) is 32.9. The van der Waals surface area contributed by atoms with Crippen LogP contribution < -0.4 is 10.6 Å². The van der Waals surface area contributed by atoms with Crippen molar-refractivity contribution in [3.63, 3.8) is 0 Å². The fourth-order valence-corrected chi connectivity index (χ4v) is 4.06. The largest absolute Gasteiger partial charge is 0.357 e. The second kappa shape index (κ2) is 7.79. The van der Waals surface area contributed by atoms with Crippen molar-refractivity contribution in [2.45, 2.75) is 19.5 Å². The van der Waals surface area contributed by atoms with Crippen molar-refractivity contribution < 1.29 is 9.59 Å². The molecule has 0 saturated carbocycles. The zero-order valence-corrected chi connectivity index (χ0v) is 15.3. The van der Waals surface area contributed by atoms with E-state index < -0.39 is 6.04 Å². The Labute approximate surface area is 151 Å². The molecule has 8 heteroatoms. The highest BCUT2D eigenvalue weighted by Gasteiger charge is 2.34. The molecule has 1 aromatic heterocycles. The van der Waals surface area contributed by atoms with Crippen LogP contribution in [0.1, 0.15) is 11.9 Å². The highest BCUT2D eigenvalue weighted by molar-refractivity contribution is 7.18. The third-order valence-corrected chi connectivity index (χ3v) is 5.32. The minimum atomic E-state index is -0.486. The van der Waals surface area contributed by atoms with E-state index in [0.717, 1.165) is 17.1 Å². The second-order valence-corrected chi connectivity index (χ2v) is 7.08. The molecule has 3 rings (SSSR count). The van der Waals surface area contributed by atoms with Crippen LogP contribution in [0.2, 0.25) is 0 Å². The summed E-state index contributed by atoms with van der Waals surface area (Å²) in [7, 11) is 1.60. The molecule has 134 valence electrons. The molecule has 1 atom stereocenters. The predicted molar refractivity (Wildman–Crippen MR) is 98.5 cm³/mol. The average Bonchev–Trinajstić information content (AvgIpc) is 3.03. The highest BCUT2D eigenvalue weighted by atomic mass is 32.1. The van der Waals surface area contributed by atoms with Gasteiger partial charge in [-0.3, -0.25) is 9.69 Å². The van der Waals surface area contributed by atoms with Gasteiger partial charge in [-0.15, -0.1) is 11.3 Å². The first-order chi connectivity index (χ1) is 12.1. The topological polar surface area (TPSA) is 77.6 Å². The van der Waals surface area contributed by atoms with Gasteiger partial charge in [-0.05, 0) is 19.1 Å². The average molecular weight is 361 g/mol. The van der Waals surface area contributed by atoms with Gasteiger partial charge in [0.15, 0.2) is 0 Å². The van der Waals surface area contributed by atoms with Gasteiger partial charge in [-0.25, -0.2) is 9.78 Å².